The minimum atomic E-state index is 0.222. The predicted octanol–water partition coefficient (Wildman–Crippen LogP) is 6.07. The molecule has 2 heteroatoms. The number of hydrogen-bond acceptors (Lipinski definition) is 2. The molecule has 130 valence electrons. The molecule has 0 aromatic heterocycles. The van der Waals surface area contributed by atoms with Gasteiger partial charge in [0.25, 0.3) is 0 Å². The van der Waals surface area contributed by atoms with Crippen molar-refractivity contribution >= 4 is 11.4 Å². The summed E-state index contributed by atoms with van der Waals surface area (Å²) in [5, 5.41) is 7.32. The van der Waals surface area contributed by atoms with Crippen LogP contribution < -0.4 is 5.01 Å². The maximum Gasteiger partial charge on any atom is 0.0857 e. The highest BCUT2D eigenvalue weighted by Gasteiger charge is 2.37. The lowest BCUT2D eigenvalue weighted by Gasteiger charge is -2.27. The second-order valence-electron chi connectivity index (χ2n) is 6.85. The van der Waals surface area contributed by atoms with E-state index >= 15 is 0 Å². The van der Waals surface area contributed by atoms with E-state index in [1.165, 1.54) is 16.8 Å². The number of benzene rings is 2. The Morgan fingerprint density at radius 1 is 0.885 bits per heavy atom. The molecule has 0 spiro atoms. The summed E-state index contributed by atoms with van der Waals surface area (Å²) >= 11 is 0. The molecule has 0 radical (unpaired) electrons. The molecule has 2 aromatic carbocycles. The van der Waals surface area contributed by atoms with Crippen LogP contribution in [0, 0.1) is 5.92 Å². The molecule has 0 amide bonds. The van der Waals surface area contributed by atoms with Gasteiger partial charge in [0.15, 0.2) is 0 Å². The fraction of sp³-hybridized carbons (Fsp3) is 0.208. The second-order valence-corrected chi connectivity index (χ2v) is 6.85. The van der Waals surface area contributed by atoms with E-state index in [1.54, 1.807) is 0 Å². The van der Waals surface area contributed by atoms with Crippen molar-refractivity contribution in [1.82, 2.24) is 0 Å². The third-order valence-corrected chi connectivity index (χ3v) is 5.11. The summed E-state index contributed by atoms with van der Waals surface area (Å²) in [5.74, 6) is 0.334. The number of anilines is 1. The molecule has 0 N–H and O–H groups in total. The van der Waals surface area contributed by atoms with Gasteiger partial charge < -0.3 is 0 Å². The molecule has 26 heavy (non-hydrogen) atoms. The SMILES string of the molecule is CC1C(/C2=C/C=C\C=C/CC2)=NN(c2ccccc2)C1c1ccccc1. The van der Waals surface area contributed by atoms with Crippen LogP contribution in [0.3, 0.4) is 0 Å². The summed E-state index contributed by atoms with van der Waals surface area (Å²) in [7, 11) is 0. The van der Waals surface area contributed by atoms with Crippen LogP contribution in [0.1, 0.15) is 31.4 Å². The summed E-state index contributed by atoms with van der Waals surface area (Å²) in [4.78, 5) is 0. The number of allylic oxidation sites excluding steroid dienone is 6. The van der Waals surface area contributed by atoms with Gasteiger partial charge in [0.2, 0.25) is 0 Å². The molecule has 0 bridgehead atoms. The van der Waals surface area contributed by atoms with Crippen LogP contribution in [0.15, 0.2) is 102 Å². The van der Waals surface area contributed by atoms with Crippen molar-refractivity contribution in [2.75, 3.05) is 5.01 Å². The molecule has 2 nitrogen and oxygen atoms in total. The molecular weight excluding hydrogens is 316 g/mol. The van der Waals surface area contributed by atoms with E-state index in [0.29, 0.717) is 5.92 Å². The van der Waals surface area contributed by atoms with Crippen LogP contribution in [-0.4, -0.2) is 5.71 Å². The summed E-state index contributed by atoms with van der Waals surface area (Å²) in [6.45, 7) is 2.30. The zero-order valence-corrected chi connectivity index (χ0v) is 15.1. The topological polar surface area (TPSA) is 15.6 Å². The minimum absolute atomic E-state index is 0.222. The molecule has 2 unspecified atom stereocenters. The zero-order chi connectivity index (χ0) is 17.8. The normalized spacial score (nSPS) is 27.0. The maximum atomic E-state index is 5.12. The van der Waals surface area contributed by atoms with Gasteiger partial charge in [0.05, 0.1) is 17.4 Å². The van der Waals surface area contributed by atoms with Crippen LogP contribution >= 0.6 is 0 Å². The van der Waals surface area contributed by atoms with E-state index in [9.17, 15) is 0 Å². The Bertz CT molecular complexity index is 860. The Morgan fingerprint density at radius 2 is 1.62 bits per heavy atom. The first-order chi connectivity index (χ1) is 12.8. The second kappa shape index (κ2) is 7.57. The van der Waals surface area contributed by atoms with Gasteiger partial charge in [-0.15, -0.1) is 0 Å². The Morgan fingerprint density at radius 3 is 2.38 bits per heavy atom. The van der Waals surface area contributed by atoms with Crippen LogP contribution in [-0.2, 0) is 0 Å². The molecule has 0 fully saturated rings. The predicted molar refractivity (Wildman–Crippen MR) is 110 cm³/mol. The van der Waals surface area contributed by atoms with E-state index in [0.717, 1.165) is 18.5 Å². The summed E-state index contributed by atoms with van der Waals surface area (Å²) in [6, 6.07) is 21.5. The molecule has 1 aliphatic carbocycles. The van der Waals surface area contributed by atoms with E-state index in [4.69, 9.17) is 5.10 Å². The Labute approximate surface area is 155 Å². The highest BCUT2D eigenvalue weighted by atomic mass is 15.5. The first-order valence-electron chi connectivity index (χ1n) is 9.35. The van der Waals surface area contributed by atoms with Gasteiger partial charge in [-0.3, -0.25) is 5.01 Å². The Balaban J connectivity index is 1.76. The Hall–Kier alpha value is -2.87. The van der Waals surface area contributed by atoms with Crippen molar-refractivity contribution in [2.45, 2.75) is 25.8 Å². The van der Waals surface area contributed by atoms with E-state index in [-0.39, 0.29) is 6.04 Å². The quantitative estimate of drug-likeness (QED) is 0.662. The maximum absolute atomic E-state index is 5.12. The molecule has 4 rings (SSSR count). The molecule has 0 saturated heterocycles. The molecular formula is C24H24N2. The van der Waals surface area contributed by atoms with Gasteiger partial charge in [-0.2, -0.15) is 5.10 Å². The van der Waals surface area contributed by atoms with Crippen LogP contribution in [0.2, 0.25) is 0 Å². The largest absolute Gasteiger partial charge is 0.257 e. The minimum Gasteiger partial charge on any atom is -0.257 e. The fourth-order valence-electron chi connectivity index (χ4n) is 3.81. The molecule has 0 saturated carbocycles. The number of para-hydroxylation sites is 1. The van der Waals surface area contributed by atoms with Gasteiger partial charge >= 0.3 is 0 Å². The summed E-state index contributed by atoms with van der Waals surface area (Å²) in [5.41, 5.74) is 5.01. The van der Waals surface area contributed by atoms with Gasteiger partial charge in [0.1, 0.15) is 0 Å². The average Bonchev–Trinajstić information content (AvgIpc) is 3.00. The number of nitrogens with zero attached hydrogens (tertiary/aromatic N) is 2. The zero-order valence-electron chi connectivity index (χ0n) is 15.1. The first-order valence-corrected chi connectivity index (χ1v) is 9.35. The Kier molecular flexibility index (Phi) is 4.83. The van der Waals surface area contributed by atoms with Crippen molar-refractivity contribution < 1.29 is 0 Å². The fourth-order valence-corrected chi connectivity index (χ4v) is 3.81. The van der Waals surface area contributed by atoms with E-state index in [1.807, 2.05) is 0 Å². The van der Waals surface area contributed by atoms with Crippen LogP contribution in [0.25, 0.3) is 0 Å². The van der Waals surface area contributed by atoms with Crippen molar-refractivity contribution in [3.8, 4) is 0 Å². The van der Waals surface area contributed by atoms with Gasteiger partial charge in [-0.05, 0) is 36.1 Å². The first kappa shape index (κ1) is 16.6. The highest BCUT2D eigenvalue weighted by molar-refractivity contribution is 6.04. The summed E-state index contributed by atoms with van der Waals surface area (Å²) in [6.07, 6.45) is 12.9. The molecule has 1 aliphatic heterocycles. The number of rotatable bonds is 3. The smallest absolute Gasteiger partial charge is 0.0857 e. The average molecular weight is 340 g/mol. The lowest BCUT2D eigenvalue weighted by Crippen LogP contribution is -2.24. The van der Waals surface area contributed by atoms with Crippen molar-refractivity contribution in [2.24, 2.45) is 11.0 Å². The molecule has 2 atom stereocenters. The monoisotopic (exact) mass is 340 g/mol. The standard InChI is InChI=1S/C24H24N2/c1-19-23(20-13-7-3-2-4-8-14-20)25-26(22-17-11-6-12-18-22)24(19)21-15-9-5-10-16-21/h2-7,9-13,15-19,24H,8,14H2,1H3/b4-2-,7-3-,20-13+. The molecule has 2 aliphatic rings. The third-order valence-electron chi connectivity index (χ3n) is 5.11. The van der Waals surface area contributed by atoms with Gasteiger partial charge in [-0.25, -0.2) is 0 Å². The van der Waals surface area contributed by atoms with Gasteiger partial charge in [0, 0.05) is 5.92 Å². The van der Waals surface area contributed by atoms with Crippen molar-refractivity contribution in [3.63, 3.8) is 0 Å². The molecule has 1 heterocycles. The van der Waals surface area contributed by atoms with Crippen LogP contribution in [0.5, 0.6) is 0 Å². The van der Waals surface area contributed by atoms with E-state index < -0.39 is 0 Å². The lowest BCUT2D eigenvalue weighted by atomic mass is 9.86. The summed E-state index contributed by atoms with van der Waals surface area (Å²) < 4.78 is 0. The van der Waals surface area contributed by atoms with Crippen LogP contribution in [0.4, 0.5) is 5.69 Å². The van der Waals surface area contributed by atoms with Crippen molar-refractivity contribution in [1.29, 1.82) is 0 Å². The van der Waals surface area contributed by atoms with Gasteiger partial charge in [-0.1, -0.05) is 85.8 Å². The van der Waals surface area contributed by atoms with Crippen molar-refractivity contribution in [3.05, 3.63) is 102 Å². The highest BCUT2D eigenvalue weighted by Crippen LogP contribution is 2.41. The number of hydrogen-bond donors (Lipinski definition) is 0. The third kappa shape index (κ3) is 3.28. The lowest BCUT2D eigenvalue weighted by molar-refractivity contribution is 0.588. The van der Waals surface area contributed by atoms with E-state index in [2.05, 4.69) is 103 Å². The number of hydrazone groups is 1. The molecule has 2 aromatic rings.